The molecule has 0 nitrogen and oxygen atoms in total. The van der Waals surface area contributed by atoms with E-state index in [0.717, 1.165) is 0 Å². The topological polar surface area (TPSA) is 0 Å². The first-order chi connectivity index (χ1) is 17.5. The Balaban J connectivity index is 1.83. The zero-order valence-electron chi connectivity index (χ0n) is 25.2. The number of fused-ring (bicyclic) bond motifs is 2. The summed E-state index contributed by atoms with van der Waals surface area (Å²) in [5.41, 5.74) is 12.7. The summed E-state index contributed by atoms with van der Waals surface area (Å²) in [7, 11) is 0. The van der Waals surface area contributed by atoms with E-state index in [0.29, 0.717) is 7.25 Å². The minimum absolute atomic E-state index is 0.489. The van der Waals surface area contributed by atoms with Gasteiger partial charge >= 0.3 is 228 Å². The fourth-order valence-corrected chi connectivity index (χ4v) is 35.5. The predicted octanol–water partition coefficient (Wildman–Crippen LogP) is 9.53. The maximum atomic E-state index is 2.82. The molecule has 0 saturated carbocycles. The molecular weight excluding hydrogens is 568 g/mol. The third-order valence-electron chi connectivity index (χ3n) is 10.8. The first kappa shape index (κ1) is 28.5. The Labute approximate surface area is 226 Å². The summed E-state index contributed by atoms with van der Waals surface area (Å²) in [6.45, 7) is 9.65. The van der Waals surface area contributed by atoms with Crippen LogP contribution < -0.4 is 0 Å². The Morgan fingerprint density at radius 2 is 1.58 bits per heavy atom. The van der Waals surface area contributed by atoms with Crippen molar-refractivity contribution >= 4 is 19.8 Å². The monoisotopic (exact) mass is 618 g/mol. The minimum atomic E-state index is -5.03. The molecule has 38 heavy (non-hydrogen) atoms. The van der Waals surface area contributed by atoms with E-state index in [4.69, 9.17) is 0 Å². The molecule has 3 aliphatic rings. The number of hydrogen-bond acceptors (Lipinski definition) is 0. The van der Waals surface area contributed by atoms with Crippen LogP contribution in [0.3, 0.4) is 0 Å². The van der Waals surface area contributed by atoms with Crippen molar-refractivity contribution < 1.29 is 11.6 Å². The summed E-state index contributed by atoms with van der Waals surface area (Å²) >= 11 is -5.03. The van der Waals surface area contributed by atoms with Crippen LogP contribution >= 0.6 is 0 Å². The van der Waals surface area contributed by atoms with Gasteiger partial charge in [-0.3, -0.25) is 0 Å². The van der Waals surface area contributed by atoms with Crippen molar-refractivity contribution in [2.45, 2.75) is 97.4 Å². The zero-order valence-corrected chi connectivity index (χ0v) is 30.5. The van der Waals surface area contributed by atoms with Crippen LogP contribution in [-0.2, 0) is 24.4 Å². The van der Waals surface area contributed by atoms with Gasteiger partial charge in [-0.05, 0) is 0 Å². The Kier molecular flexibility index (Phi) is 5.72. The number of unbranched alkanes of at least 4 members (excludes halogenated alkanes) is 2. The van der Waals surface area contributed by atoms with E-state index in [-0.39, 0.29) is 0 Å². The zero-order chi connectivity index (χ0) is 27.6. The van der Waals surface area contributed by atoms with Gasteiger partial charge in [0.2, 0.25) is 0 Å². The Morgan fingerprint density at radius 1 is 0.895 bits per heavy atom. The number of allylic oxidation sites excluding steroid dienone is 5. The molecule has 0 saturated heterocycles. The molecule has 2 aromatic rings. The predicted molar refractivity (Wildman–Crippen MR) is 175 cm³/mol. The molecule has 0 heterocycles. The van der Waals surface area contributed by atoms with Gasteiger partial charge in [0.05, 0.1) is 0 Å². The van der Waals surface area contributed by atoms with Crippen LogP contribution in [0.5, 0.6) is 0 Å². The van der Waals surface area contributed by atoms with Crippen LogP contribution in [0.25, 0.3) is 17.2 Å². The first-order valence-electron chi connectivity index (χ1n) is 15.6. The summed E-state index contributed by atoms with van der Waals surface area (Å²) < 4.78 is 12.3. The molecule has 0 bridgehead atoms. The molecule has 0 amide bonds. The summed E-state index contributed by atoms with van der Waals surface area (Å²) in [5, 5.41) is 0. The Hall–Kier alpha value is -1.02. The normalized spacial score (nSPS) is 24.5. The van der Waals surface area contributed by atoms with Crippen LogP contribution in [-0.4, -0.2) is 13.8 Å². The molecule has 2 atom stereocenters. The van der Waals surface area contributed by atoms with E-state index >= 15 is 0 Å². The summed E-state index contributed by atoms with van der Waals surface area (Å²) in [6.07, 6.45) is 21.8. The van der Waals surface area contributed by atoms with Gasteiger partial charge in [0.1, 0.15) is 0 Å². The third-order valence-corrected chi connectivity index (χ3v) is 42.1. The number of rotatable bonds is 9. The van der Waals surface area contributed by atoms with Gasteiger partial charge in [-0.15, -0.1) is 0 Å². The van der Waals surface area contributed by atoms with E-state index in [1.807, 2.05) is 0 Å². The molecule has 5 rings (SSSR count). The molecule has 0 radical (unpaired) electrons. The fourth-order valence-electron chi connectivity index (χ4n) is 8.61. The van der Waals surface area contributed by atoms with Crippen LogP contribution in [0.15, 0.2) is 65.8 Å². The molecule has 3 aliphatic carbocycles. The van der Waals surface area contributed by atoms with E-state index in [9.17, 15) is 0 Å². The quantitative estimate of drug-likeness (QED) is 0.245. The van der Waals surface area contributed by atoms with Gasteiger partial charge in [0.15, 0.2) is 0 Å². The van der Waals surface area contributed by atoms with Crippen LogP contribution in [0, 0.1) is 0 Å². The SMILES string of the molecule is CCCCC1=C[CH]([Zr-6]([CH3])([CH3])([CH3])([CH3])(=[SiH2])(=[SiH2])[CH]2C(CCCC)=Cc3c2cc2c(c3-c3ccccc3)CCC2)C=C1. The Bertz CT molecular complexity index is 1660. The molecule has 210 valence electrons. The molecule has 0 aromatic heterocycles. The van der Waals surface area contributed by atoms with Crippen molar-refractivity contribution in [2.75, 3.05) is 0 Å². The van der Waals surface area contributed by atoms with Crippen molar-refractivity contribution in [1.82, 2.24) is 0 Å². The van der Waals surface area contributed by atoms with Gasteiger partial charge in [-0.1, -0.05) is 0 Å². The van der Waals surface area contributed by atoms with Gasteiger partial charge in [0.25, 0.3) is 0 Å². The van der Waals surface area contributed by atoms with E-state index in [2.05, 4.69) is 107 Å². The van der Waals surface area contributed by atoms with E-state index < -0.39 is 11.6 Å². The molecule has 0 N–H and O–H groups in total. The summed E-state index contributed by atoms with van der Waals surface area (Å²) in [6, 6.07) is 14.0. The van der Waals surface area contributed by atoms with E-state index in [1.54, 1.807) is 39.0 Å². The number of hydrogen-bond donors (Lipinski definition) is 0. The molecule has 0 spiro atoms. The maximum absolute atomic E-state index is 5.03. The second kappa shape index (κ2) is 7.62. The van der Waals surface area contributed by atoms with Crippen molar-refractivity contribution in [1.29, 1.82) is 0 Å². The van der Waals surface area contributed by atoms with Gasteiger partial charge < -0.3 is 0 Å². The third kappa shape index (κ3) is 4.57. The summed E-state index contributed by atoms with van der Waals surface area (Å²) in [5.74, 6) is 0. The average molecular weight is 620 g/mol. The number of aryl methyl sites for hydroxylation is 1. The van der Waals surface area contributed by atoms with Crippen molar-refractivity contribution in [3.05, 3.63) is 88.0 Å². The van der Waals surface area contributed by atoms with Crippen LogP contribution in [0.4, 0.5) is 0 Å². The van der Waals surface area contributed by atoms with Crippen molar-refractivity contribution in [2.24, 2.45) is 0 Å². The van der Waals surface area contributed by atoms with Gasteiger partial charge in [-0.25, -0.2) is 0 Å². The van der Waals surface area contributed by atoms with Crippen LogP contribution in [0.2, 0.25) is 22.2 Å². The molecule has 2 unspecified atom stereocenters. The van der Waals surface area contributed by atoms with E-state index in [1.165, 1.54) is 63.4 Å². The average Bonchev–Trinajstić information content (AvgIpc) is 3.58. The Morgan fingerprint density at radius 3 is 2.26 bits per heavy atom. The summed E-state index contributed by atoms with van der Waals surface area (Å²) in [4.78, 5) is 0. The second-order valence-electron chi connectivity index (χ2n) is 19.0. The first-order valence-corrected chi connectivity index (χ1v) is 40.1. The molecule has 0 aliphatic heterocycles. The second-order valence-corrected chi connectivity index (χ2v) is 123. The van der Waals surface area contributed by atoms with Gasteiger partial charge in [0, 0.05) is 0 Å². The van der Waals surface area contributed by atoms with Gasteiger partial charge in [-0.2, -0.15) is 0 Å². The van der Waals surface area contributed by atoms with Crippen LogP contribution in [0.1, 0.15) is 84.7 Å². The molecule has 3 heteroatoms. The molecule has 0 fully saturated rings. The standard InChI is InChI=1S/C22H23.C9H13.4CH3.2H2Si.Zr/c1-2-3-8-16-13-19-15-18-11-7-12-20(18)22(21(19)14-16)17-9-5-4-6-10-17;1-2-3-6-9-7-4-5-8-9;;;;;;;/h4-6,9-10,13-15H,2-3,7-8,11-12H2,1H3;4-5,7-8H,2-3,6H2,1H3;4*1H3;2*1H2;/q;;;;;;;;-6. The molecule has 2 aromatic carbocycles. The molecular formula is C35H52Si2Zr-6. The number of benzene rings is 2. The fraction of sp³-hybridized carbons (Fsp3) is 0.486. The van der Waals surface area contributed by atoms with Crippen molar-refractivity contribution in [3.63, 3.8) is 0 Å². The van der Waals surface area contributed by atoms with Crippen molar-refractivity contribution in [3.8, 4) is 11.1 Å².